The Morgan fingerprint density at radius 2 is 2.21 bits per heavy atom. The van der Waals surface area contributed by atoms with Gasteiger partial charge in [0.05, 0.1) is 6.61 Å². The van der Waals surface area contributed by atoms with Crippen LogP contribution < -0.4 is 5.73 Å². The zero-order valence-corrected chi connectivity index (χ0v) is 13.0. The van der Waals surface area contributed by atoms with Crippen LogP contribution in [0, 0.1) is 5.92 Å². The predicted octanol–water partition coefficient (Wildman–Crippen LogP) is 2.15. The fraction of sp³-hybridized carbons (Fsp3) is 0.667. The van der Waals surface area contributed by atoms with E-state index in [1.165, 1.54) is 11.3 Å². The highest BCUT2D eigenvalue weighted by molar-refractivity contribution is 7.09. The molecule has 5 nitrogen and oxygen atoms in total. The van der Waals surface area contributed by atoms with E-state index in [2.05, 4.69) is 4.98 Å². The lowest BCUT2D eigenvalue weighted by molar-refractivity contribution is 0.0519. The van der Waals surface area contributed by atoms with Crippen molar-refractivity contribution in [3.8, 4) is 0 Å². The van der Waals surface area contributed by atoms with E-state index in [0.29, 0.717) is 24.0 Å². The van der Waals surface area contributed by atoms with Crippen LogP contribution in [0.15, 0.2) is 5.38 Å². The molecule has 1 heterocycles. The molecule has 2 atom stereocenters. The first kappa shape index (κ1) is 18.3. The van der Waals surface area contributed by atoms with Crippen molar-refractivity contribution in [2.24, 2.45) is 11.7 Å². The van der Waals surface area contributed by atoms with Crippen molar-refractivity contribution in [2.75, 3.05) is 6.61 Å². The van der Waals surface area contributed by atoms with E-state index in [0.717, 1.165) is 0 Å². The molecule has 1 rings (SSSR count). The lowest BCUT2D eigenvalue weighted by atomic mass is 9.99. The summed E-state index contributed by atoms with van der Waals surface area (Å²) in [6, 6.07) is -0.0880. The Morgan fingerprint density at radius 3 is 2.74 bits per heavy atom. The molecule has 0 aromatic carbocycles. The van der Waals surface area contributed by atoms with Gasteiger partial charge in [0.15, 0.2) is 5.69 Å². The summed E-state index contributed by atoms with van der Waals surface area (Å²) in [6.45, 7) is 6.06. The summed E-state index contributed by atoms with van der Waals surface area (Å²) in [5, 5.41) is 12.1. The summed E-state index contributed by atoms with van der Waals surface area (Å²) in [5.41, 5.74) is 6.14. The predicted molar refractivity (Wildman–Crippen MR) is 77.7 cm³/mol. The molecule has 1 aromatic rings. The molecule has 0 fully saturated rings. The molecule has 110 valence electrons. The second-order valence-corrected chi connectivity index (χ2v) is 5.34. The summed E-state index contributed by atoms with van der Waals surface area (Å²) in [4.78, 5) is 15.5. The number of nitrogens with zero attached hydrogens (tertiary/aromatic N) is 1. The van der Waals surface area contributed by atoms with Crippen LogP contribution in [-0.2, 0) is 4.74 Å². The molecule has 3 N–H and O–H groups in total. The van der Waals surface area contributed by atoms with Crippen LogP contribution in [0.2, 0.25) is 0 Å². The number of thiazole rings is 1. The summed E-state index contributed by atoms with van der Waals surface area (Å²) in [6.07, 6.45) is -0.288. The van der Waals surface area contributed by atoms with Gasteiger partial charge in [0.25, 0.3) is 0 Å². The zero-order chi connectivity index (χ0) is 13.7. The number of hydrogen-bond donors (Lipinski definition) is 2. The smallest absolute Gasteiger partial charge is 0.357 e. The number of carbonyl (C=O) groups is 1. The van der Waals surface area contributed by atoms with Gasteiger partial charge in [-0.2, -0.15) is 0 Å². The number of aliphatic hydroxyl groups excluding tert-OH is 1. The summed E-state index contributed by atoms with van der Waals surface area (Å²) < 4.78 is 4.84. The molecular weight excluding hydrogens is 288 g/mol. The van der Waals surface area contributed by atoms with Gasteiger partial charge >= 0.3 is 5.97 Å². The van der Waals surface area contributed by atoms with E-state index in [9.17, 15) is 9.90 Å². The van der Waals surface area contributed by atoms with Gasteiger partial charge in [-0.05, 0) is 19.3 Å². The second-order valence-electron chi connectivity index (χ2n) is 4.45. The Labute approximate surface area is 123 Å². The molecule has 0 aliphatic rings. The number of nitrogens with two attached hydrogens (primary N) is 1. The first-order valence-corrected chi connectivity index (χ1v) is 6.89. The van der Waals surface area contributed by atoms with Gasteiger partial charge in [-0.15, -0.1) is 23.7 Å². The molecule has 0 saturated carbocycles. The van der Waals surface area contributed by atoms with Crippen LogP contribution in [0.1, 0.15) is 48.8 Å². The zero-order valence-electron chi connectivity index (χ0n) is 11.3. The van der Waals surface area contributed by atoms with Crippen LogP contribution in [0.5, 0.6) is 0 Å². The number of aromatic nitrogens is 1. The Morgan fingerprint density at radius 1 is 1.58 bits per heavy atom. The molecule has 0 radical (unpaired) electrons. The van der Waals surface area contributed by atoms with Crippen LogP contribution in [0.4, 0.5) is 0 Å². The molecule has 1 aromatic heterocycles. The average Bonchev–Trinajstić information content (AvgIpc) is 2.78. The van der Waals surface area contributed by atoms with E-state index in [-0.39, 0.29) is 24.1 Å². The van der Waals surface area contributed by atoms with Crippen molar-refractivity contribution in [2.45, 2.75) is 39.3 Å². The van der Waals surface area contributed by atoms with Crippen molar-refractivity contribution in [1.82, 2.24) is 4.98 Å². The lowest BCUT2D eigenvalue weighted by Gasteiger charge is -2.17. The molecular formula is C12H21ClN2O3S. The first-order chi connectivity index (χ1) is 8.45. The number of rotatable bonds is 6. The number of hydrogen-bond acceptors (Lipinski definition) is 6. The Bertz CT molecular complexity index is 398. The molecule has 0 aliphatic carbocycles. The van der Waals surface area contributed by atoms with Crippen LogP contribution in [0.25, 0.3) is 0 Å². The first-order valence-electron chi connectivity index (χ1n) is 6.01. The molecule has 0 saturated heterocycles. The van der Waals surface area contributed by atoms with E-state index in [1.807, 2.05) is 13.8 Å². The molecule has 2 unspecified atom stereocenters. The number of aliphatic hydroxyl groups is 1. The maximum absolute atomic E-state index is 11.4. The number of halogens is 1. The fourth-order valence-electron chi connectivity index (χ4n) is 1.37. The van der Waals surface area contributed by atoms with Crippen molar-refractivity contribution in [3.63, 3.8) is 0 Å². The highest BCUT2D eigenvalue weighted by atomic mass is 35.5. The van der Waals surface area contributed by atoms with Gasteiger partial charge in [0, 0.05) is 11.4 Å². The van der Waals surface area contributed by atoms with Gasteiger partial charge < -0.3 is 15.6 Å². The average molecular weight is 309 g/mol. The van der Waals surface area contributed by atoms with Crippen molar-refractivity contribution >= 4 is 29.7 Å². The summed E-state index contributed by atoms with van der Waals surface area (Å²) >= 11 is 1.25. The number of carbonyl (C=O) groups excluding carboxylic acids is 1. The minimum atomic E-state index is -0.726. The largest absolute Gasteiger partial charge is 0.461 e. The Hall–Kier alpha value is -0.690. The topological polar surface area (TPSA) is 85.4 Å². The summed E-state index contributed by atoms with van der Waals surface area (Å²) in [7, 11) is 0. The van der Waals surface area contributed by atoms with Gasteiger partial charge in [-0.3, -0.25) is 0 Å². The maximum atomic E-state index is 11.4. The van der Waals surface area contributed by atoms with Gasteiger partial charge in [0.2, 0.25) is 0 Å². The normalized spacial score (nSPS) is 13.8. The minimum Gasteiger partial charge on any atom is -0.461 e. The van der Waals surface area contributed by atoms with Crippen LogP contribution in [-0.4, -0.2) is 28.7 Å². The monoisotopic (exact) mass is 308 g/mol. The fourth-order valence-corrected chi connectivity index (χ4v) is 2.16. The van der Waals surface area contributed by atoms with E-state index in [4.69, 9.17) is 10.5 Å². The van der Waals surface area contributed by atoms with Gasteiger partial charge in [-0.1, -0.05) is 13.8 Å². The van der Waals surface area contributed by atoms with E-state index >= 15 is 0 Å². The molecule has 0 spiro atoms. The molecule has 0 bridgehead atoms. The van der Waals surface area contributed by atoms with Crippen LogP contribution >= 0.6 is 23.7 Å². The third kappa shape index (κ3) is 5.44. The van der Waals surface area contributed by atoms with Gasteiger partial charge in [-0.25, -0.2) is 9.78 Å². The minimum absolute atomic E-state index is 0. The second kappa shape index (κ2) is 8.47. The van der Waals surface area contributed by atoms with E-state index < -0.39 is 12.1 Å². The molecule has 7 heteroatoms. The Kier molecular flexibility index (Phi) is 8.17. The van der Waals surface area contributed by atoms with Crippen molar-refractivity contribution in [3.05, 3.63) is 16.1 Å². The van der Waals surface area contributed by atoms with Gasteiger partial charge in [0.1, 0.15) is 11.1 Å². The lowest BCUT2D eigenvalue weighted by Crippen LogP contribution is -2.28. The van der Waals surface area contributed by atoms with Crippen molar-refractivity contribution in [1.29, 1.82) is 0 Å². The van der Waals surface area contributed by atoms with Crippen LogP contribution in [0.3, 0.4) is 0 Å². The highest BCUT2D eigenvalue weighted by Crippen LogP contribution is 2.23. The van der Waals surface area contributed by atoms with Crippen molar-refractivity contribution < 1.29 is 14.6 Å². The SMILES string of the molecule is CCOC(=O)c1csc(C(O)CC(N)C(C)C)n1.Cl. The summed E-state index contributed by atoms with van der Waals surface area (Å²) in [5.74, 6) is -0.163. The number of ether oxygens (including phenoxy) is 1. The third-order valence-electron chi connectivity index (χ3n) is 2.64. The standard InChI is InChI=1S/C12H20N2O3S.ClH/c1-4-17-12(16)9-6-18-11(14-9)10(15)5-8(13)7(2)3;/h6-8,10,15H,4-5,13H2,1-3H3;1H. The quantitative estimate of drug-likeness (QED) is 0.786. The maximum Gasteiger partial charge on any atom is 0.357 e. The molecule has 19 heavy (non-hydrogen) atoms. The molecule has 0 amide bonds. The molecule has 0 aliphatic heterocycles. The Balaban J connectivity index is 0.00000324. The highest BCUT2D eigenvalue weighted by Gasteiger charge is 2.20. The third-order valence-corrected chi connectivity index (χ3v) is 3.59. The van der Waals surface area contributed by atoms with E-state index in [1.54, 1.807) is 12.3 Å². The number of esters is 1.